The van der Waals surface area contributed by atoms with Crippen molar-refractivity contribution in [3.8, 4) is 0 Å². The SMILES string of the molecule is CC(C)(C)c1ccc(NC(=O)CSc2ncccn2)cc1. The lowest BCUT2D eigenvalue weighted by atomic mass is 9.87. The lowest BCUT2D eigenvalue weighted by Gasteiger charge is -2.19. The molecule has 0 radical (unpaired) electrons. The van der Waals surface area contributed by atoms with Crippen LogP contribution in [0, 0.1) is 0 Å². The average molecular weight is 301 g/mol. The number of thioether (sulfide) groups is 1. The Balaban J connectivity index is 1.88. The normalized spacial score (nSPS) is 11.2. The van der Waals surface area contributed by atoms with Crippen LogP contribution in [0.1, 0.15) is 26.3 Å². The van der Waals surface area contributed by atoms with E-state index in [0.29, 0.717) is 10.9 Å². The third-order valence-electron chi connectivity index (χ3n) is 2.91. The third-order valence-corrected chi connectivity index (χ3v) is 3.78. The van der Waals surface area contributed by atoms with E-state index in [4.69, 9.17) is 0 Å². The molecule has 21 heavy (non-hydrogen) atoms. The van der Waals surface area contributed by atoms with Gasteiger partial charge in [0.15, 0.2) is 5.16 Å². The highest BCUT2D eigenvalue weighted by Gasteiger charge is 2.13. The zero-order valence-corrected chi connectivity index (χ0v) is 13.3. The second kappa shape index (κ2) is 6.72. The lowest BCUT2D eigenvalue weighted by Crippen LogP contribution is -2.15. The minimum atomic E-state index is -0.0593. The van der Waals surface area contributed by atoms with Gasteiger partial charge in [-0.05, 0) is 29.2 Å². The van der Waals surface area contributed by atoms with Gasteiger partial charge in [-0.3, -0.25) is 4.79 Å². The van der Waals surface area contributed by atoms with Gasteiger partial charge in [0.2, 0.25) is 5.91 Å². The van der Waals surface area contributed by atoms with E-state index in [9.17, 15) is 4.79 Å². The summed E-state index contributed by atoms with van der Waals surface area (Å²) < 4.78 is 0. The Morgan fingerprint density at radius 3 is 2.33 bits per heavy atom. The highest BCUT2D eigenvalue weighted by atomic mass is 32.2. The average Bonchev–Trinajstić information content (AvgIpc) is 2.46. The molecule has 0 fully saturated rings. The monoisotopic (exact) mass is 301 g/mol. The molecule has 0 unspecified atom stereocenters. The van der Waals surface area contributed by atoms with E-state index in [1.54, 1.807) is 18.5 Å². The molecular weight excluding hydrogens is 282 g/mol. The van der Waals surface area contributed by atoms with E-state index >= 15 is 0 Å². The standard InChI is InChI=1S/C16H19N3OS/c1-16(2,3)12-5-7-13(8-6-12)19-14(20)11-21-15-17-9-4-10-18-15/h4-10H,11H2,1-3H3,(H,19,20). The van der Waals surface area contributed by atoms with Crippen molar-refractivity contribution in [3.05, 3.63) is 48.3 Å². The molecule has 1 N–H and O–H groups in total. The molecule has 0 atom stereocenters. The third kappa shape index (κ3) is 4.86. The van der Waals surface area contributed by atoms with Gasteiger partial charge in [-0.25, -0.2) is 9.97 Å². The number of rotatable bonds is 4. The van der Waals surface area contributed by atoms with Crippen molar-refractivity contribution in [2.45, 2.75) is 31.3 Å². The van der Waals surface area contributed by atoms with Crippen LogP contribution >= 0.6 is 11.8 Å². The van der Waals surface area contributed by atoms with Crippen LogP contribution in [0.5, 0.6) is 0 Å². The van der Waals surface area contributed by atoms with E-state index in [-0.39, 0.29) is 11.3 Å². The van der Waals surface area contributed by atoms with Gasteiger partial charge in [-0.15, -0.1) is 0 Å². The molecule has 1 aromatic carbocycles. The van der Waals surface area contributed by atoms with Crippen molar-refractivity contribution in [1.82, 2.24) is 9.97 Å². The van der Waals surface area contributed by atoms with Gasteiger partial charge in [-0.1, -0.05) is 44.7 Å². The largest absolute Gasteiger partial charge is 0.325 e. The molecule has 2 rings (SSSR count). The van der Waals surface area contributed by atoms with Gasteiger partial charge in [0.1, 0.15) is 0 Å². The second-order valence-corrected chi connectivity index (χ2v) is 6.64. The maximum Gasteiger partial charge on any atom is 0.234 e. The zero-order chi connectivity index (χ0) is 15.3. The Morgan fingerprint density at radius 1 is 1.14 bits per heavy atom. The highest BCUT2D eigenvalue weighted by Crippen LogP contribution is 2.23. The quantitative estimate of drug-likeness (QED) is 0.693. The summed E-state index contributed by atoms with van der Waals surface area (Å²) in [4.78, 5) is 20.0. The first kappa shape index (κ1) is 15.5. The summed E-state index contributed by atoms with van der Waals surface area (Å²) in [7, 11) is 0. The summed E-state index contributed by atoms with van der Waals surface area (Å²) in [5.41, 5.74) is 2.17. The summed E-state index contributed by atoms with van der Waals surface area (Å²) in [6.45, 7) is 6.49. The molecule has 2 aromatic rings. The van der Waals surface area contributed by atoms with Crippen LogP contribution in [-0.2, 0) is 10.2 Å². The van der Waals surface area contributed by atoms with Crippen molar-refractivity contribution in [1.29, 1.82) is 0 Å². The number of carbonyl (C=O) groups is 1. The van der Waals surface area contributed by atoms with Gasteiger partial charge >= 0.3 is 0 Å². The van der Waals surface area contributed by atoms with Crippen LogP contribution in [0.25, 0.3) is 0 Å². The number of anilines is 1. The second-order valence-electron chi connectivity index (χ2n) is 5.70. The van der Waals surface area contributed by atoms with Gasteiger partial charge in [0.25, 0.3) is 0 Å². The molecule has 0 saturated carbocycles. The maximum atomic E-state index is 11.9. The molecule has 0 spiro atoms. The van der Waals surface area contributed by atoms with Crippen molar-refractivity contribution in [2.75, 3.05) is 11.1 Å². The first-order valence-corrected chi connectivity index (χ1v) is 7.74. The van der Waals surface area contributed by atoms with E-state index < -0.39 is 0 Å². The van der Waals surface area contributed by atoms with Gasteiger partial charge in [0, 0.05) is 18.1 Å². The van der Waals surface area contributed by atoms with Crippen molar-refractivity contribution >= 4 is 23.4 Å². The Morgan fingerprint density at radius 2 is 1.76 bits per heavy atom. The maximum absolute atomic E-state index is 11.9. The molecule has 0 bridgehead atoms. The topological polar surface area (TPSA) is 54.9 Å². The minimum Gasteiger partial charge on any atom is -0.325 e. The molecule has 0 aliphatic carbocycles. The fourth-order valence-electron chi connectivity index (χ4n) is 1.74. The molecule has 1 aromatic heterocycles. The van der Waals surface area contributed by atoms with E-state index in [0.717, 1.165) is 5.69 Å². The van der Waals surface area contributed by atoms with Gasteiger partial charge in [-0.2, -0.15) is 0 Å². The summed E-state index contributed by atoms with van der Waals surface area (Å²) in [6, 6.07) is 9.71. The molecular formula is C16H19N3OS. The van der Waals surface area contributed by atoms with E-state index in [2.05, 4.69) is 36.1 Å². The molecule has 1 heterocycles. The van der Waals surface area contributed by atoms with Crippen LogP contribution in [0.15, 0.2) is 47.9 Å². The number of hydrogen-bond acceptors (Lipinski definition) is 4. The van der Waals surface area contributed by atoms with Crippen LogP contribution in [0.3, 0.4) is 0 Å². The molecule has 0 aliphatic heterocycles. The van der Waals surface area contributed by atoms with Crippen LogP contribution in [0.2, 0.25) is 0 Å². The number of benzene rings is 1. The minimum absolute atomic E-state index is 0.0593. The summed E-state index contributed by atoms with van der Waals surface area (Å²) in [5.74, 6) is 0.237. The van der Waals surface area contributed by atoms with Crippen molar-refractivity contribution in [2.24, 2.45) is 0 Å². The summed E-state index contributed by atoms with van der Waals surface area (Å²) in [6.07, 6.45) is 3.33. The number of nitrogens with zero attached hydrogens (tertiary/aromatic N) is 2. The molecule has 110 valence electrons. The van der Waals surface area contributed by atoms with Crippen molar-refractivity contribution in [3.63, 3.8) is 0 Å². The Hall–Kier alpha value is -1.88. The molecule has 0 aliphatic rings. The Labute approximate surface area is 129 Å². The zero-order valence-electron chi connectivity index (χ0n) is 12.5. The van der Waals surface area contributed by atoms with E-state index in [1.165, 1.54) is 17.3 Å². The number of aromatic nitrogens is 2. The summed E-state index contributed by atoms with van der Waals surface area (Å²) >= 11 is 1.32. The number of hydrogen-bond donors (Lipinski definition) is 1. The van der Waals surface area contributed by atoms with Crippen LogP contribution in [0.4, 0.5) is 5.69 Å². The van der Waals surface area contributed by atoms with E-state index in [1.807, 2.05) is 24.3 Å². The number of carbonyl (C=O) groups excluding carboxylic acids is 1. The van der Waals surface area contributed by atoms with Gasteiger partial charge < -0.3 is 5.32 Å². The molecule has 5 heteroatoms. The first-order chi connectivity index (χ1) is 9.95. The fourth-order valence-corrected chi connectivity index (χ4v) is 2.34. The Bertz CT molecular complexity index is 591. The molecule has 0 saturated heterocycles. The Kier molecular flexibility index (Phi) is 4.96. The predicted octanol–water partition coefficient (Wildman–Crippen LogP) is 3.50. The van der Waals surface area contributed by atoms with Crippen molar-refractivity contribution < 1.29 is 4.79 Å². The fraction of sp³-hybridized carbons (Fsp3) is 0.312. The molecule has 1 amide bonds. The lowest BCUT2D eigenvalue weighted by molar-refractivity contribution is -0.113. The molecule has 4 nitrogen and oxygen atoms in total. The number of nitrogens with one attached hydrogen (secondary N) is 1. The van der Waals surface area contributed by atoms with Crippen LogP contribution in [-0.4, -0.2) is 21.6 Å². The first-order valence-electron chi connectivity index (χ1n) is 6.75. The van der Waals surface area contributed by atoms with Gasteiger partial charge in [0.05, 0.1) is 5.75 Å². The van der Waals surface area contributed by atoms with Crippen LogP contribution < -0.4 is 5.32 Å². The summed E-state index contributed by atoms with van der Waals surface area (Å²) in [5, 5.41) is 3.48. The smallest absolute Gasteiger partial charge is 0.234 e. The highest BCUT2D eigenvalue weighted by molar-refractivity contribution is 7.99. The number of amides is 1. The predicted molar refractivity (Wildman–Crippen MR) is 86.5 cm³/mol.